The molecule has 154 valence electrons. The highest BCUT2D eigenvalue weighted by molar-refractivity contribution is 5.90. The smallest absolute Gasteiger partial charge is 0.291 e. The number of halogens is 1. The van der Waals surface area contributed by atoms with Gasteiger partial charge >= 0.3 is 0 Å². The third-order valence-electron chi connectivity index (χ3n) is 5.12. The van der Waals surface area contributed by atoms with Crippen molar-refractivity contribution < 1.29 is 14.0 Å². The highest BCUT2D eigenvalue weighted by atomic mass is 19.1. The van der Waals surface area contributed by atoms with Gasteiger partial charge in [0.1, 0.15) is 11.6 Å². The molecule has 2 heterocycles. The van der Waals surface area contributed by atoms with Crippen LogP contribution in [0, 0.1) is 12.7 Å². The summed E-state index contributed by atoms with van der Waals surface area (Å²) in [6.45, 7) is 2.81. The Bertz CT molecular complexity index is 1050. The minimum Gasteiger partial charge on any atom is -0.341 e. The fourth-order valence-electron chi connectivity index (χ4n) is 3.57. The fourth-order valence-corrected chi connectivity index (χ4v) is 3.57. The number of hydrogen-bond acceptors (Lipinski definition) is 4. The van der Waals surface area contributed by atoms with Crippen LogP contribution < -0.4 is 5.32 Å². The number of nitrogens with zero attached hydrogens (tertiary/aromatic N) is 4. The van der Waals surface area contributed by atoms with Crippen LogP contribution in [-0.4, -0.2) is 44.6 Å². The quantitative estimate of drug-likeness (QED) is 0.681. The summed E-state index contributed by atoms with van der Waals surface area (Å²) in [6.07, 6.45) is 1.37. The highest BCUT2D eigenvalue weighted by Gasteiger charge is 2.26. The zero-order chi connectivity index (χ0) is 21.1. The van der Waals surface area contributed by atoms with Crippen molar-refractivity contribution in [2.45, 2.75) is 25.8 Å². The average molecular weight is 407 g/mol. The second-order valence-corrected chi connectivity index (χ2v) is 7.25. The van der Waals surface area contributed by atoms with Crippen LogP contribution in [0.3, 0.4) is 0 Å². The van der Waals surface area contributed by atoms with Gasteiger partial charge in [0.05, 0.1) is 11.7 Å². The van der Waals surface area contributed by atoms with E-state index in [1.165, 1.54) is 16.8 Å². The molecule has 1 N–H and O–H groups in total. The van der Waals surface area contributed by atoms with Gasteiger partial charge in [-0.1, -0.05) is 30.3 Å². The number of rotatable bonds is 6. The van der Waals surface area contributed by atoms with Crippen LogP contribution >= 0.6 is 0 Å². The number of aromatic nitrogens is 3. The molecule has 3 aromatic rings. The van der Waals surface area contributed by atoms with E-state index in [1.54, 1.807) is 24.0 Å². The minimum atomic E-state index is -0.431. The van der Waals surface area contributed by atoms with Gasteiger partial charge < -0.3 is 10.2 Å². The maximum atomic E-state index is 13.2. The molecule has 7 nitrogen and oxygen atoms in total. The van der Waals surface area contributed by atoms with Gasteiger partial charge in [0.2, 0.25) is 11.7 Å². The minimum absolute atomic E-state index is 0.0190. The summed E-state index contributed by atoms with van der Waals surface area (Å²) >= 11 is 0. The van der Waals surface area contributed by atoms with Crippen molar-refractivity contribution in [2.24, 2.45) is 0 Å². The largest absolute Gasteiger partial charge is 0.341 e. The molecule has 4 rings (SSSR count). The Morgan fingerprint density at radius 2 is 1.90 bits per heavy atom. The van der Waals surface area contributed by atoms with Crippen LogP contribution in [-0.2, 0) is 4.79 Å². The fraction of sp³-hybridized carbons (Fsp3) is 0.273. The van der Waals surface area contributed by atoms with E-state index in [0.717, 1.165) is 12.0 Å². The molecule has 0 saturated carbocycles. The lowest BCUT2D eigenvalue weighted by atomic mass is 10.1. The molecule has 1 saturated heterocycles. The van der Waals surface area contributed by atoms with Crippen molar-refractivity contribution in [3.05, 3.63) is 77.6 Å². The summed E-state index contributed by atoms with van der Waals surface area (Å²) in [6, 6.07) is 15.0. The number of likely N-dealkylation sites (tertiary alicyclic amines) is 1. The maximum Gasteiger partial charge on any atom is 0.291 e. The summed E-state index contributed by atoms with van der Waals surface area (Å²) in [4.78, 5) is 31.0. The molecule has 1 aromatic heterocycles. The van der Waals surface area contributed by atoms with Gasteiger partial charge in [0.15, 0.2) is 0 Å². The Balaban J connectivity index is 1.56. The third kappa shape index (κ3) is 4.22. The van der Waals surface area contributed by atoms with E-state index in [9.17, 15) is 14.0 Å². The van der Waals surface area contributed by atoms with Crippen LogP contribution in [0.1, 0.15) is 40.9 Å². The first-order valence-electron chi connectivity index (χ1n) is 9.84. The lowest BCUT2D eigenvalue weighted by Crippen LogP contribution is -2.39. The van der Waals surface area contributed by atoms with E-state index in [0.29, 0.717) is 31.0 Å². The zero-order valence-electron chi connectivity index (χ0n) is 16.6. The van der Waals surface area contributed by atoms with E-state index < -0.39 is 5.91 Å². The Labute approximate surface area is 173 Å². The second kappa shape index (κ2) is 8.44. The molecule has 2 amide bonds. The van der Waals surface area contributed by atoms with Crippen LogP contribution in [0.4, 0.5) is 4.39 Å². The normalized spacial score (nSPS) is 14.7. The van der Waals surface area contributed by atoms with Crippen molar-refractivity contribution in [3.8, 4) is 5.69 Å². The highest BCUT2D eigenvalue weighted by Crippen LogP contribution is 2.19. The van der Waals surface area contributed by atoms with Crippen LogP contribution in [0.15, 0.2) is 54.6 Å². The number of benzene rings is 2. The van der Waals surface area contributed by atoms with Crippen molar-refractivity contribution in [1.82, 2.24) is 25.0 Å². The summed E-state index contributed by atoms with van der Waals surface area (Å²) in [5.74, 6) is -0.154. The Kier molecular flexibility index (Phi) is 5.56. The lowest BCUT2D eigenvalue weighted by Gasteiger charge is -2.24. The van der Waals surface area contributed by atoms with E-state index >= 15 is 0 Å². The van der Waals surface area contributed by atoms with Crippen molar-refractivity contribution in [3.63, 3.8) is 0 Å². The lowest BCUT2D eigenvalue weighted by molar-refractivity contribution is -0.128. The number of amides is 2. The molecule has 30 heavy (non-hydrogen) atoms. The SMILES string of the molecule is Cc1nc(C(=O)N[C@@H](CN2CCCC2=O)c2ccccc2)nn1-c1ccc(F)cc1. The molecular formula is C22H22FN5O2. The standard InChI is InChI=1S/C22H22FN5O2/c1-15-24-21(26-28(15)18-11-9-17(23)10-12-18)22(30)25-19(16-6-3-2-4-7-16)14-27-13-5-8-20(27)29/h2-4,6-7,9-12,19H,5,8,13-14H2,1H3,(H,25,30)/t19-/m0/s1. The zero-order valence-corrected chi connectivity index (χ0v) is 16.6. The Hall–Kier alpha value is -3.55. The first-order chi connectivity index (χ1) is 14.5. The van der Waals surface area contributed by atoms with Crippen molar-refractivity contribution >= 4 is 11.8 Å². The molecular weight excluding hydrogens is 385 g/mol. The van der Waals surface area contributed by atoms with E-state index in [2.05, 4.69) is 15.4 Å². The van der Waals surface area contributed by atoms with Gasteiger partial charge in [-0.15, -0.1) is 5.10 Å². The molecule has 0 unspecified atom stereocenters. The Morgan fingerprint density at radius 3 is 2.57 bits per heavy atom. The number of hydrogen-bond donors (Lipinski definition) is 1. The molecule has 2 aromatic carbocycles. The molecule has 0 aliphatic carbocycles. The summed E-state index contributed by atoms with van der Waals surface area (Å²) in [5, 5.41) is 7.26. The maximum absolute atomic E-state index is 13.2. The summed E-state index contributed by atoms with van der Waals surface area (Å²) in [5.41, 5.74) is 1.52. The molecule has 1 aliphatic rings. The predicted molar refractivity (Wildman–Crippen MR) is 109 cm³/mol. The molecule has 0 radical (unpaired) electrons. The van der Waals surface area contributed by atoms with Gasteiger partial charge in [-0.3, -0.25) is 9.59 Å². The molecule has 8 heteroatoms. The topological polar surface area (TPSA) is 80.1 Å². The van der Waals surface area contributed by atoms with Crippen LogP contribution in [0.25, 0.3) is 5.69 Å². The number of nitrogens with one attached hydrogen (secondary N) is 1. The number of carbonyl (C=O) groups is 2. The second-order valence-electron chi connectivity index (χ2n) is 7.25. The van der Waals surface area contributed by atoms with E-state index in [-0.39, 0.29) is 23.6 Å². The Morgan fingerprint density at radius 1 is 1.17 bits per heavy atom. The van der Waals surface area contributed by atoms with Gasteiger partial charge in [-0.05, 0) is 43.2 Å². The summed E-state index contributed by atoms with van der Waals surface area (Å²) < 4.78 is 14.7. The van der Waals surface area contributed by atoms with E-state index in [1.807, 2.05) is 30.3 Å². The predicted octanol–water partition coefficient (Wildman–Crippen LogP) is 2.81. The molecule has 0 spiro atoms. The first-order valence-corrected chi connectivity index (χ1v) is 9.84. The average Bonchev–Trinajstić information content (AvgIpc) is 3.34. The van der Waals surface area contributed by atoms with Crippen LogP contribution in [0.2, 0.25) is 0 Å². The first kappa shape index (κ1) is 19.8. The third-order valence-corrected chi connectivity index (χ3v) is 5.12. The number of aryl methyl sites for hydroxylation is 1. The van der Waals surface area contributed by atoms with Gasteiger partial charge in [-0.25, -0.2) is 14.1 Å². The van der Waals surface area contributed by atoms with Gasteiger partial charge in [0.25, 0.3) is 5.91 Å². The van der Waals surface area contributed by atoms with Crippen molar-refractivity contribution in [1.29, 1.82) is 0 Å². The van der Waals surface area contributed by atoms with Crippen molar-refractivity contribution in [2.75, 3.05) is 13.1 Å². The summed E-state index contributed by atoms with van der Waals surface area (Å²) in [7, 11) is 0. The monoisotopic (exact) mass is 407 g/mol. The number of carbonyl (C=O) groups excluding carboxylic acids is 2. The van der Waals surface area contributed by atoms with E-state index in [4.69, 9.17) is 0 Å². The van der Waals surface area contributed by atoms with Crippen LogP contribution in [0.5, 0.6) is 0 Å². The molecule has 0 bridgehead atoms. The molecule has 1 aliphatic heterocycles. The molecule has 1 fully saturated rings. The molecule has 1 atom stereocenters. The van der Waals surface area contributed by atoms with Gasteiger partial charge in [0, 0.05) is 19.5 Å². The van der Waals surface area contributed by atoms with Gasteiger partial charge in [-0.2, -0.15) is 0 Å².